The fraction of sp³-hybridized carbons (Fsp3) is 0.545. The molecule has 0 fully saturated rings. The Morgan fingerprint density at radius 2 is 2.06 bits per heavy atom. The van der Waals surface area contributed by atoms with Crippen LogP contribution in [0.1, 0.15) is 27.2 Å². The maximum Gasteiger partial charge on any atom is 0.246 e. The van der Waals surface area contributed by atoms with E-state index in [1.165, 1.54) is 22.8 Å². The molecule has 0 bridgehead atoms. The van der Waals surface area contributed by atoms with E-state index in [-0.39, 0.29) is 10.6 Å². The molecule has 0 aliphatic rings. The summed E-state index contributed by atoms with van der Waals surface area (Å²) in [5.41, 5.74) is 5.45. The van der Waals surface area contributed by atoms with E-state index in [0.29, 0.717) is 6.42 Å². The van der Waals surface area contributed by atoms with Crippen molar-refractivity contribution in [3.05, 3.63) is 18.5 Å². The molecule has 0 radical (unpaired) electrons. The number of nitrogens with two attached hydrogens (primary N) is 1. The fourth-order valence-electron chi connectivity index (χ4n) is 1.30. The molecule has 0 aliphatic heterocycles. The van der Waals surface area contributed by atoms with Gasteiger partial charge < -0.3 is 5.73 Å². The lowest BCUT2D eigenvalue weighted by atomic mass is 10.0. The van der Waals surface area contributed by atoms with Crippen molar-refractivity contribution in [3.63, 3.8) is 0 Å². The molecular weight excluding hydrogens is 238 g/mol. The van der Waals surface area contributed by atoms with Crippen LogP contribution in [0.5, 0.6) is 0 Å². The molecule has 5 nitrogen and oxygen atoms in total. The van der Waals surface area contributed by atoms with Crippen LogP contribution in [0, 0.1) is 0 Å². The van der Waals surface area contributed by atoms with Gasteiger partial charge in [-0.2, -0.15) is 4.31 Å². The fourth-order valence-corrected chi connectivity index (χ4v) is 2.94. The van der Waals surface area contributed by atoms with Gasteiger partial charge in [0, 0.05) is 25.0 Å². The van der Waals surface area contributed by atoms with Gasteiger partial charge in [-0.1, -0.05) is 6.92 Å². The molecule has 1 aromatic heterocycles. The summed E-state index contributed by atoms with van der Waals surface area (Å²) < 4.78 is 26.1. The monoisotopic (exact) mass is 257 g/mol. The topological polar surface area (TPSA) is 76.3 Å². The van der Waals surface area contributed by atoms with Gasteiger partial charge in [0.25, 0.3) is 0 Å². The van der Waals surface area contributed by atoms with Gasteiger partial charge in [-0.25, -0.2) is 8.42 Å². The Morgan fingerprint density at radius 3 is 2.53 bits per heavy atom. The van der Waals surface area contributed by atoms with Crippen molar-refractivity contribution in [2.75, 3.05) is 12.8 Å². The molecule has 1 aromatic rings. The molecule has 0 saturated heterocycles. The second kappa shape index (κ2) is 4.62. The largest absolute Gasteiger partial charge is 0.398 e. The van der Waals surface area contributed by atoms with Gasteiger partial charge in [0.15, 0.2) is 0 Å². The minimum Gasteiger partial charge on any atom is -0.398 e. The third-order valence-corrected chi connectivity index (χ3v) is 5.28. The second-order valence-electron chi connectivity index (χ2n) is 4.55. The van der Waals surface area contributed by atoms with Crippen molar-refractivity contribution in [1.29, 1.82) is 0 Å². The quantitative estimate of drug-likeness (QED) is 0.886. The highest BCUT2D eigenvalue weighted by Gasteiger charge is 2.33. The Morgan fingerprint density at radius 1 is 1.47 bits per heavy atom. The SMILES string of the molecule is CCC(C)(C)N(C)S(=O)(=O)c1cnccc1N. The summed E-state index contributed by atoms with van der Waals surface area (Å²) in [6.45, 7) is 5.69. The van der Waals surface area contributed by atoms with E-state index in [0.717, 1.165) is 0 Å². The van der Waals surface area contributed by atoms with Crippen LogP contribution in [-0.4, -0.2) is 30.3 Å². The summed E-state index contributed by atoms with van der Waals surface area (Å²) in [5, 5.41) is 0. The van der Waals surface area contributed by atoms with E-state index in [1.807, 2.05) is 20.8 Å². The standard InChI is InChI=1S/C11H19N3O2S/c1-5-11(2,3)14(4)17(15,16)10-8-13-7-6-9(10)12/h6-8H,5H2,1-4H3,(H2,12,13). The van der Waals surface area contributed by atoms with Crippen molar-refractivity contribution < 1.29 is 8.42 Å². The molecule has 6 heteroatoms. The van der Waals surface area contributed by atoms with E-state index in [4.69, 9.17) is 5.73 Å². The number of pyridine rings is 1. The number of nitrogens with zero attached hydrogens (tertiary/aromatic N) is 2. The Labute approximate surface area is 103 Å². The first-order chi connectivity index (χ1) is 7.73. The number of nitrogen functional groups attached to an aromatic ring is 1. The maximum atomic E-state index is 12.4. The van der Waals surface area contributed by atoms with Gasteiger partial charge in [0.05, 0.1) is 5.69 Å². The summed E-state index contributed by atoms with van der Waals surface area (Å²) in [6.07, 6.45) is 3.47. The molecule has 96 valence electrons. The van der Waals surface area contributed by atoms with Gasteiger partial charge in [0.2, 0.25) is 10.0 Å². The number of anilines is 1. The number of rotatable bonds is 4. The number of aromatic nitrogens is 1. The summed E-state index contributed by atoms with van der Waals surface area (Å²) in [7, 11) is -2.03. The maximum absolute atomic E-state index is 12.4. The van der Waals surface area contributed by atoms with Gasteiger partial charge in [-0.05, 0) is 26.3 Å². The molecule has 0 atom stereocenters. The van der Waals surface area contributed by atoms with Crippen LogP contribution in [0.2, 0.25) is 0 Å². The summed E-state index contributed by atoms with van der Waals surface area (Å²) in [6, 6.07) is 1.49. The van der Waals surface area contributed by atoms with Crippen molar-refractivity contribution in [2.45, 2.75) is 37.6 Å². The Kier molecular flexibility index (Phi) is 3.78. The van der Waals surface area contributed by atoms with Crippen molar-refractivity contribution in [3.8, 4) is 0 Å². The Balaban J connectivity index is 3.26. The zero-order chi connectivity index (χ0) is 13.3. The highest BCUT2D eigenvalue weighted by Crippen LogP contribution is 2.27. The van der Waals surface area contributed by atoms with Gasteiger partial charge in [-0.3, -0.25) is 4.98 Å². The first-order valence-corrected chi connectivity index (χ1v) is 6.86. The average Bonchev–Trinajstić information content (AvgIpc) is 2.28. The van der Waals surface area contributed by atoms with Crippen molar-refractivity contribution in [1.82, 2.24) is 9.29 Å². The van der Waals surface area contributed by atoms with E-state index < -0.39 is 15.6 Å². The Bertz CT molecular complexity index is 497. The zero-order valence-corrected chi connectivity index (χ0v) is 11.5. The third-order valence-electron chi connectivity index (χ3n) is 3.17. The van der Waals surface area contributed by atoms with E-state index >= 15 is 0 Å². The summed E-state index contributed by atoms with van der Waals surface area (Å²) in [5.74, 6) is 0. The number of hydrogen-bond donors (Lipinski definition) is 1. The molecule has 0 spiro atoms. The molecular formula is C11H19N3O2S. The lowest BCUT2D eigenvalue weighted by Gasteiger charge is -2.33. The Hall–Kier alpha value is -1.14. The minimum absolute atomic E-state index is 0.0593. The van der Waals surface area contributed by atoms with Crippen LogP contribution < -0.4 is 5.73 Å². The van der Waals surface area contributed by atoms with Gasteiger partial charge in [-0.15, -0.1) is 0 Å². The predicted molar refractivity (Wildman–Crippen MR) is 68.0 cm³/mol. The van der Waals surface area contributed by atoms with Crippen LogP contribution in [0.4, 0.5) is 5.69 Å². The molecule has 2 N–H and O–H groups in total. The van der Waals surface area contributed by atoms with Gasteiger partial charge in [0.1, 0.15) is 4.90 Å². The summed E-state index contributed by atoms with van der Waals surface area (Å²) >= 11 is 0. The van der Waals surface area contributed by atoms with E-state index in [1.54, 1.807) is 7.05 Å². The second-order valence-corrected chi connectivity index (χ2v) is 6.49. The third kappa shape index (κ3) is 2.58. The summed E-state index contributed by atoms with van der Waals surface area (Å²) in [4.78, 5) is 3.88. The van der Waals surface area contributed by atoms with E-state index in [9.17, 15) is 8.42 Å². The minimum atomic E-state index is -3.59. The van der Waals surface area contributed by atoms with Crippen LogP contribution in [0.3, 0.4) is 0 Å². The molecule has 0 amide bonds. The molecule has 0 aliphatic carbocycles. The first-order valence-electron chi connectivity index (χ1n) is 5.42. The van der Waals surface area contributed by atoms with Crippen LogP contribution in [0.25, 0.3) is 0 Å². The van der Waals surface area contributed by atoms with Crippen LogP contribution in [0.15, 0.2) is 23.4 Å². The molecule has 0 saturated carbocycles. The first kappa shape index (κ1) is 13.9. The van der Waals surface area contributed by atoms with Crippen LogP contribution in [-0.2, 0) is 10.0 Å². The van der Waals surface area contributed by atoms with Crippen molar-refractivity contribution >= 4 is 15.7 Å². The highest BCUT2D eigenvalue weighted by molar-refractivity contribution is 7.89. The zero-order valence-electron chi connectivity index (χ0n) is 10.6. The molecule has 1 heterocycles. The van der Waals surface area contributed by atoms with Gasteiger partial charge >= 0.3 is 0 Å². The van der Waals surface area contributed by atoms with Crippen molar-refractivity contribution in [2.24, 2.45) is 0 Å². The number of hydrogen-bond acceptors (Lipinski definition) is 4. The lowest BCUT2D eigenvalue weighted by Crippen LogP contribution is -2.44. The van der Waals surface area contributed by atoms with Crippen LogP contribution >= 0.6 is 0 Å². The highest BCUT2D eigenvalue weighted by atomic mass is 32.2. The average molecular weight is 257 g/mol. The van der Waals surface area contributed by atoms with E-state index in [2.05, 4.69) is 4.98 Å². The number of sulfonamides is 1. The molecule has 0 unspecified atom stereocenters. The predicted octanol–water partition coefficient (Wildman–Crippen LogP) is 1.47. The lowest BCUT2D eigenvalue weighted by molar-refractivity contribution is 0.257. The molecule has 17 heavy (non-hydrogen) atoms. The molecule has 1 rings (SSSR count). The smallest absolute Gasteiger partial charge is 0.246 e. The molecule has 0 aromatic carbocycles. The normalized spacial score (nSPS) is 13.0.